The van der Waals surface area contributed by atoms with Gasteiger partial charge in [-0.05, 0) is 36.8 Å². The van der Waals surface area contributed by atoms with E-state index in [9.17, 15) is 0 Å². The van der Waals surface area contributed by atoms with Crippen molar-refractivity contribution < 1.29 is 0 Å². The van der Waals surface area contributed by atoms with Gasteiger partial charge in [-0.2, -0.15) is 0 Å². The summed E-state index contributed by atoms with van der Waals surface area (Å²) in [5.41, 5.74) is 5.77. The van der Waals surface area contributed by atoms with Crippen LogP contribution >= 0.6 is 0 Å². The molecule has 0 saturated carbocycles. The first kappa shape index (κ1) is 8.55. The Kier molecular flexibility index (Phi) is 1.99. The Morgan fingerprint density at radius 2 is 2.08 bits per heavy atom. The van der Waals surface area contributed by atoms with Gasteiger partial charge in [0.15, 0.2) is 0 Å². The molecule has 0 heterocycles. The Balaban J connectivity index is 2.42. The van der Waals surface area contributed by atoms with Gasteiger partial charge in [0.25, 0.3) is 0 Å². The lowest BCUT2D eigenvalue weighted by molar-refractivity contribution is 0.629. The molecule has 0 radical (unpaired) electrons. The van der Waals surface area contributed by atoms with E-state index >= 15 is 0 Å². The predicted octanol–water partition coefficient (Wildman–Crippen LogP) is 3.29. The summed E-state index contributed by atoms with van der Waals surface area (Å²) in [4.78, 5) is 0. The average Bonchev–Trinajstić information content (AvgIpc) is 2.08. The van der Waals surface area contributed by atoms with Crippen LogP contribution in [-0.4, -0.2) is 0 Å². The average molecular weight is 172 g/mol. The van der Waals surface area contributed by atoms with Gasteiger partial charge in [-0.3, -0.25) is 0 Å². The maximum Gasteiger partial charge on any atom is -0.00643 e. The Labute approximate surface area is 80.3 Å². The molecule has 0 N–H and O–H groups in total. The highest BCUT2D eigenvalue weighted by Gasteiger charge is 2.17. The molecule has 0 spiro atoms. The number of hydrogen-bond donors (Lipinski definition) is 0. The van der Waals surface area contributed by atoms with Crippen molar-refractivity contribution in [3.05, 3.63) is 47.0 Å². The molecule has 1 unspecified atom stereocenters. The Bertz CT molecular complexity index is 347. The summed E-state index contributed by atoms with van der Waals surface area (Å²) in [5.74, 6) is 0.661. The number of aryl methyl sites for hydroxylation is 1. The van der Waals surface area contributed by atoms with E-state index in [1.165, 1.54) is 28.7 Å². The molecule has 0 fully saturated rings. The van der Waals surface area contributed by atoms with Crippen molar-refractivity contribution in [3.63, 3.8) is 0 Å². The molecule has 13 heavy (non-hydrogen) atoms. The van der Waals surface area contributed by atoms with Gasteiger partial charge in [0.05, 0.1) is 0 Å². The third-order valence-corrected chi connectivity index (χ3v) is 3.00. The fourth-order valence-corrected chi connectivity index (χ4v) is 2.01. The lowest BCUT2D eigenvalue weighted by atomic mass is 9.81. The van der Waals surface area contributed by atoms with Crippen molar-refractivity contribution in [3.8, 4) is 0 Å². The van der Waals surface area contributed by atoms with E-state index in [0.29, 0.717) is 5.92 Å². The summed E-state index contributed by atoms with van der Waals surface area (Å²) in [6.45, 7) is 8.55. The summed E-state index contributed by atoms with van der Waals surface area (Å²) in [6.07, 6.45) is 2.26. The highest BCUT2D eigenvalue weighted by molar-refractivity contribution is 5.38. The van der Waals surface area contributed by atoms with E-state index in [4.69, 9.17) is 0 Å². The number of benzene rings is 1. The minimum atomic E-state index is 0.661. The number of fused-ring (bicyclic) bond motifs is 1. The molecule has 0 saturated heterocycles. The number of hydrogen-bond acceptors (Lipinski definition) is 0. The van der Waals surface area contributed by atoms with Gasteiger partial charge in [-0.25, -0.2) is 0 Å². The molecule has 0 aliphatic heterocycles. The Hall–Kier alpha value is -1.04. The standard InChI is InChI=1S/C13H16/c1-9-4-5-12-7-10(2)11(3)8-13(12)6-9/h4-6,11H,2,7-8H2,1,3H3. The van der Waals surface area contributed by atoms with Crippen LogP contribution in [0.15, 0.2) is 30.4 Å². The number of allylic oxidation sites excluding steroid dienone is 1. The van der Waals surface area contributed by atoms with Crippen molar-refractivity contribution in [2.24, 2.45) is 5.92 Å². The molecule has 1 aromatic rings. The van der Waals surface area contributed by atoms with Gasteiger partial charge in [-0.1, -0.05) is 42.8 Å². The SMILES string of the molecule is C=C1Cc2ccc(C)cc2CC1C. The van der Waals surface area contributed by atoms with Crippen LogP contribution in [0.5, 0.6) is 0 Å². The van der Waals surface area contributed by atoms with Crippen molar-refractivity contribution in [1.82, 2.24) is 0 Å². The summed E-state index contributed by atoms with van der Waals surface area (Å²) in [6, 6.07) is 6.77. The van der Waals surface area contributed by atoms with Crippen molar-refractivity contribution in [2.45, 2.75) is 26.7 Å². The molecule has 0 bridgehead atoms. The summed E-state index contributed by atoms with van der Waals surface area (Å²) in [5, 5.41) is 0. The smallest absolute Gasteiger partial charge is 0.00643 e. The second-order valence-corrected chi connectivity index (χ2v) is 4.21. The van der Waals surface area contributed by atoms with Crippen LogP contribution in [0.3, 0.4) is 0 Å². The highest BCUT2D eigenvalue weighted by Crippen LogP contribution is 2.28. The second kappa shape index (κ2) is 3.02. The topological polar surface area (TPSA) is 0 Å². The molecule has 1 atom stereocenters. The molecule has 0 heteroatoms. The predicted molar refractivity (Wildman–Crippen MR) is 56.9 cm³/mol. The fourth-order valence-electron chi connectivity index (χ4n) is 2.01. The van der Waals surface area contributed by atoms with E-state index in [2.05, 4.69) is 38.6 Å². The van der Waals surface area contributed by atoms with E-state index < -0.39 is 0 Å². The van der Waals surface area contributed by atoms with Crippen LogP contribution in [0.4, 0.5) is 0 Å². The fraction of sp³-hybridized carbons (Fsp3) is 0.385. The summed E-state index contributed by atoms with van der Waals surface area (Å²) >= 11 is 0. The lowest BCUT2D eigenvalue weighted by Gasteiger charge is -2.24. The molecule has 1 aromatic carbocycles. The summed E-state index contributed by atoms with van der Waals surface area (Å²) < 4.78 is 0. The highest BCUT2D eigenvalue weighted by atomic mass is 14.2. The largest absolute Gasteiger partial charge is 0.0992 e. The first-order valence-corrected chi connectivity index (χ1v) is 4.93. The van der Waals surface area contributed by atoms with Crippen molar-refractivity contribution in [1.29, 1.82) is 0 Å². The third kappa shape index (κ3) is 1.53. The quantitative estimate of drug-likeness (QED) is 0.527. The van der Waals surface area contributed by atoms with E-state index in [1.54, 1.807) is 0 Å². The molecule has 0 nitrogen and oxygen atoms in total. The van der Waals surface area contributed by atoms with Crippen LogP contribution in [0, 0.1) is 12.8 Å². The minimum Gasteiger partial charge on any atom is -0.0992 e. The molecular weight excluding hydrogens is 156 g/mol. The third-order valence-electron chi connectivity index (χ3n) is 3.00. The molecule has 68 valence electrons. The molecule has 1 aliphatic rings. The molecule has 2 rings (SSSR count). The van der Waals surface area contributed by atoms with E-state index in [1.807, 2.05) is 0 Å². The van der Waals surface area contributed by atoms with Gasteiger partial charge in [0, 0.05) is 0 Å². The van der Waals surface area contributed by atoms with Crippen LogP contribution in [0.1, 0.15) is 23.6 Å². The van der Waals surface area contributed by atoms with E-state index in [-0.39, 0.29) is 0 Å². The number of rotatable bonds is 0. The zero-order valence-electron chi connectivity index (χ0n) is 8.43. The van der Waals surface area contributed by atoms with Crippen LogP contribution in [0.2, 0.25) is 0 Å². The van der Waals surface area contributed by atoms with Crippen molar-refractivity contribution >= 4 is 0 Å². The minimum absolute atomic E-state index is 0.661. The van der Waals surface area contributed by atoms with Crippen molar-refractivity contribution in [2.75, 3.05) is 0 Å². The lowest BCUT2D eigenvalue weighted by Crippen LogP contribution is -2.13. The maximum atomic E-state index is 4.12. The van der Waals surface area contributed by atoms with Crippen LogP contribution < -0.4 is 0 Å². The van der Waals surface area contributed by atoms with Gasteiger partial charge < -0.3 is 0 Å². The first-order valence-electron chi connectivity index (χ1n) is 4.93. The molecule has 0 amide bonds. The zero-order valence-corrected chi connectivity index (χ0v) is 8.43. The van der Waals surface area contributed by atoms with Crippen LogP contribution in [0.25, 0.3) is 0 Å². The van der Waals surface area contributed by atoms with Gasteiger partial charge in [-0.15, -0.1) is 0 Å². The maximum absolute atomic E-state index is 4.12. The van der Waals surface area contributed by atoms with Gasteiger partial charge >= 0.3 is 0 Å². The second-order valence-electron chi connectivity index (χ2n) is 4.21. The molecule has 1 aliphatic carbocycles. The Morgan fingerprint density at radius 1 is 1.31 bits per heavy atom. The molecular formula is C13H16. The van der Waals surface area contributed by atoms with E-state index in [0.717, 1.165) is 6.42 Å². The summed E-state index contributed by atoms with van der Waals surface area (Å²) in [7, 11) is 0. The normalized spacial score (nSPS) is 21.4. The zero-order chi connectivity index (χ0) is 9.42. The van der Waals surface area contributed by atoms with Gasteiger partial charge in [0.2, 0.25) is 0 Å². The Morgan fingerprint density at radius 3 is 2.85 bits per heavy atom. The van der Waals surface area contributed by atoms with Crippen LogP contribution in [-0.2, 0) is 12.8 Å². The van der Waals surface area contributed by atoms with Gasteiger partial charge in [0.1, 0.15) is 0 Å². The monoisotopic (exact) mass is 172 g/mol. The first-order chi connectivity index (χ1) is 6.16. The molecule has 0 aromatic heterocycles.